The highest BCUT2D eigenvalue weighted by Gasteiger charge is 2.31. The van der Waals surface area contributed by atoms with Crippen LogP contribution in [0.1, 0.15) is 32.2 Å². The maximum atomic E-state index is 13.3. The Kier molecular flexibility index (Phi) is 4.27. The number of furan rings is 2. The molecule has 0 saturated carbocycles. The molecule has 0 aliphatic heterocycles. The largest absolute Gasteiger partial charge is 0.455 e. The molecule has 3 aromatic heterocycles. The third kappa shape index (κ3) is 3.25. The van der Waals surface area contributed by atoms with Gasteiger partial charge in [-0.15, -0.1) is 0 Å². The highest BCUT2D eigenvalue weighted by molar-refractivity contribution is 6.23. The number of hydrogen-bond donors (Lipinski definition) is 0. The van der Waals surface area contributed by atoms with Crippen molar-refractivity contribution >= 4 is 54.6 Å². The summed E-state index contributed by atoms with van der Waals surface area (Å²) in [4.78, 5) is 4.56. The molecule has 182 valence electrons. The van der Waals surface area contributed by atoms with Gasteiger partial charge in [0.1, 0.15) is 22.3 Å². The van der Waals surface area contributed by atoms with Crippen LogP contribution in [-0.2, 0) is 6.18 Å². The quantitative estimate of drug-likeness (QED) is 0.239. The monoisotopic (exact) mass is 496 g/mol. The lowest BCUT2D eigenvalue weighted by atomic mass is 10.00. The fourth-order valence-corrected chi connectivity index (χ4v) is 5.16. The molecule has 4 aromatic carbocycles. The first-order valence-electron chi connectivity index (χ1n) is 12.4. The maximum Gasteiger partial charge on any atom is 0.416 e. The number of alkyl halides is 3. The number of rotatable bonds is 2. The number of nitrogens with zero attached hydrogens (tertiary/aromatic N) is 1. The van der Waals surface area contributed by atoms with Crippen molar-refractivity contribution in [3.05, 3.63) is 90.1 Å². The lowest BCUT2D eigenvalue weighted by molar-refractivity contribution is -0.137. The van der Waals surface area contributed by atoms with E-state index in [0.717, 1.165) is 55.9 Å². The maximum absolute atomic E-state index is 13.3. The minimum Gasteiger partial charge on any atom is -0.455 e. The standard InChI is InChI=1S/C31H20F3NO2/c1-16(2)17-12-13-35-26(14-17)25-5-3-4-20-22-10-11-23-24(29(22)37-30(20)25)9-8-21-19-7-6-18(31(32,33)34)15-27(19)36-28(21)23/h3-16H,1-2H3/i16D. The van der Waals surface area contributed by atoms with E-state index in [1.165, 1.54) is 6.07 Å². The van der Waals surface area contributed by atoms with E-state index in [1.54, 1.807) is 6.20 Å². The number of pyridine rings is 1. The van der Waals surface area contributed by atoms with E-state index >= 15 is 0 Å². The van der Waals surface area contributed by atoms with Crippen LogP contribution >= 0.6 is 0 Å². The fourth-order valence-electron chi connectivity index (χ4n) is 5.16. The Balaban J connectivity index is 1.48. The van der Waals surface area contributed by atoms with E-state index in [-0.39, 0.29) is 5.58 Å². The lowest BCUT2D eigenvalue weighted by Gasteiger charge is -2.07. The van der Waals surface area contributed by atoms with Gasteiger partial charge in [-0.3, -0.25) is 4.98 Å². The SMILES string of the molecule is [2H]C(C)(C)c1ccnc(-c2cccc3c2oc2c3ccc3c2ccc2c4ccc(C(F)(F)F)cc4oc23)c1. The molecule has 0 unspecified atom stereocenters. The summed E-state index contributed by atoms with van der Waals surface area (Å²) in [6.45, 7) is 3.67. The molecule has 0 spiro atoms. The summed E-state index contributed by atoms with van der Waals surface area (Å²) in [5.74, 6) is -0.769. The van der Waals surface area contributed by atoms with Crippen molar-refractivity contribution in [3.8, 4) is 11.3 Å². The Morgan fingerprint density at radius 1 is 0.730 bits per heavy atom. The zero-order valence-electron chi connectivity index (χ0n) is 20.9. The Morgan fingerprint density at radius 3 is 2.03 bits per heavy atom. The van der Waals surface area contributed by atoms with Crippen molar-refractivity contribution in [1.82, 2.24) is 4.98 Å². The van der Waals surface area contributed by atoms with Crippen LogP contribution in [0.15, 0.2) is 87.8 Å². The minimum absolute atomic E-state index is 0.192. The highest BCUT2D eigenvalue weighted by atomic mass is 19.4. The van der Waals surface area contributed by atoms with E-state index < -0.39 is 17.6 Å². The molecule has 0 atom stereocenters. The van der Waals surface area contributed by atoms with Gasteiger partial charge in [-0.05, 0) is 72.1 Å². The summed E-state index contributed by atoms with van der Waals surface area (Å²) < 4.78 is 60.7. The van der Waals surface area contributed by atoms with Gasteiger partial charge in [0.2, 0.25) is 0 Å². The van der Waals surface area contributed by atoms with Crippen molar-refractivity contribution in [1.29, 1.82) is 0 Å². The summed E-state index contributed by atoms with van der Waals surface area (Å²) in [6.07, 6.45) is -2.74. The number of fused-ring (bicyclic) bond motifs is 9. The number of halogens is 3. The summed E-state index contributed by atoms with van der Waals surface area (Å²) in [6, 6.07) is 20.9. The molecule has 3 heterocycles. The molecule has 0 aliphatic carbocycles. The van der Waals surface area contributed by atoms with Gasteiger partial charge in [0.25, 0.3) is 0 Å². The predicted molar refractivity (Wildman–Crippen MR) is 141 cm³/mol. The normalized spacial score (nSPS) is 13.4. The van der Waals surface area contributed by atoms with Crippen LogP contribution in [0.3, 0.4) is 0 Å². The average molecular weight is 497 g/mol. The fraction of sp³-hybridized carbons (Fsp3) is 0.129. The Morgan fingerprint density at radius 2 is 1.35 bits per heavy atom. The first kappa shape index (κ1) is 20.8. The van der Waals surface area contributed by atoms with Gasteiger partial charge in [-0.2, -0.15) is 13.2 Å². The summed E-state index contributed by atoms with van der Waals surface area (Å²) in [5, 5.41) is 4.79. The van der Waals surface area contributed by atoms with Gasteiger partial charge >= 0.3 is 6.18 Å². The van der Waals surface area contributed by atoms with Gasteiger partial charge in [0.05, 0.1) is 11.3 Å². The highest BCUT2D eigenvalue weighted by Crippen LogP contribution is 2.42. The summed E-state index contributed by atoms with van der Waals surface area (Å²) in [5.41, 5.74) is 3.71. The Bertz CT molecular complexity index is 2060. The van der Waals surface area contributed by atoms with Crippen molar-refractivity contribution < 1.29 is 23.4 Å². The lowest BCUT2D eigenvalue weighted by Crippen LogP contribution is -2.03. The Labute approximate surface area is 210 Å². The van der Waals surface area contributed by atoms with E-state index in [9.17, 15) is 13.2 Å². The molecule has 0 fully saturated rings. The van der Waals surface area contributed by atoms with Crippen LogP contribution in [0.5, 0.6) is 0 Å². The molecule has 7 rings (SSSR count). The Hall–Kier alpha value is -4.32. The van der Waals surface area contributed by atoms with Crippen LogP contribution in [-0.4, -0.2) is 4.98 Å². The topological polar surface area (TPSA) is 39.2 Å². The van der Waals surface area contributed by atoms with Crippen LogP contribution < -0.4 is 0 Å². The van der Waals surface area contributed by atoms with Gasteiger partial charge in [-0.1, -0.05) is 26.0 Å². The van der Waals surface area contributed by atoms with Gasteiger partial charge in [0, 0.05) is 45.4 Å². The molecule has 7 aromatic rings. The first-order valence-corrected chi connectivity index (χ1v) is 11.9. The molecule has 0 N–H and O–H groups in total. The number of para-hydroxylation sites is 1. The van der Waals surface area contributed by atoms with Crippen molar-refractivity contribution in [3.63, 3.8) is 0 Å². The van der Waals surface area contributed by atoms with Crippen LogP contribution in [0, 0.1) is 0 Å². The van der Waals surface area contributed by atoms with Crippen molar-refractivity contribution in [2.75, 3.05) is 0 Å². The first-order chi connectivity index (χ1) is 18.1. The number of hydrogen-bond acceptors (Lipinski definition) is 3. The molecule has 0 aliphatic rings. The molecular formula is C31H20F3NO2. The summed E-state index contributed by atoms with van der Waals surface area (Å²) in [7, 11) is 0. The van der Waals surface area contributed by atoms with Crippen LogP contribution in [0.25, 0.3) is 65.9 Å². The third-order valence-electron chi connectivity index (χ3n) is 7.04. The van der Waals surface area contributed by atoms with E-state index in [0.29, 0.717) is 22.1 Å². The minimum atomic E-state index is -4.45. The second-order valence-corrected chi connectivity index (χ2v) is 9.50. The predicted octanol–water partition coefficient (Wildman–Crippen LogP) is 9.84. The second kappa shape index (κ2) is 7.59. The van der Waals surface area contributed by atoms with Gasteiger partial charge in [0.15, 0.2) is 0 Å². The third-order valence-corrected chi connectivity index (χ3v) is 7.04. The molecular weight excluding hydrogens is 475 g/mol. The number of benzene rings is 4. The van der Waals surface area contributed by atoms with E-state index in [1.807, 2.05) is 68.4 Å². The number of aromatic nitrogens is 1. The summed E-state index contributed by atoms with van der Waals surface area (Å²) >= 11 is 0. The zero-order valence-corrected chi connectivity index (χ0v) is 19.9. The molecule has 37 heavy (non-hydrogen) atoms. The molecule has 0 bridgehead atoms. The van der Waals surface area contributed by atoms with Crippen LogP contribution in [0.4, 0.5) is 13.2 Å². The smallest absolute Gasteiger partial charge is 0.416 e. The van der Waals surface area contributed by atoms with Crippen molar-refractivity contribution in [2.24, 2.45) is 0 Å². The molecule has 0 amide bonds. The van der Waals surface area contributed by atoms with Gasteiger partial charge in [-0.25, -0.2) is 0 Å². The van der Waals surface area contributed by atoms with Crippen LogP contribution in [0.2, 0.25) is 0 Å². The van der Waals surface area contributed by atoms with Gasteiger partial charge < -0.3 is 8.83 Å². The molecule has 3 nitrogen and oxygen atoms in total. The zero-order chi connectivity index (χ0) is 26.4. The van der Waals surface area contributed by atoms with E-state index in [4.69, 9.17) is 10.2 Å². The van der Waals surface area contributed by atoms with E-state index in [2.05, 4.69) is 4.98 Å². The van der Waals surface area contributed by atoms with Crippen molar-refractivity contribution in [2.45, 2.75) is 25.9 Å². The second-order valence-electron chi connectivity index (χ2n) is 9.50. The molecule has 6 heteroatoms. The molecule has 0 radical (unpaired) electrons. The molecule has 0 saturated heterocycles. The average Bonchev–Trinajstić information content (AvgIpc) is 3.46.